The average Bonchev–Trinajstić information content (AvgIpc) is 2.38. The fourth-order valence-corrected chi connectivity index (χ4v) is 1.41. The third-order valence-electron chi connectivity index (χ3n) is 2.31. The van der Waals surface area contributed by atoms with Gasteiger partial charge in [-0.25, -0.2) is 4.79 Å². The van der Waals surface area contributed by atoms with Crippen LogP contribution in [0, 0.1) is 0 Å². The van der Waals surface area contributed by atoms with Crippen molar-refractivity contribution in [2.24, 2.45) is 0 Å². The van der Waals surface area contributed by atoms with Crippen LogP contribution in [0.1, 0.15) is 23.2 Å². The molecule has 19 heavy (non-hydrogen) atoms. The smallest absolute Gasteiger partial charge is 0.338 e. The average molecular weight is 266 g/mol. The lowest BCUT2D eigenvalue weighted by atomic mass is 10.1. The number of methoxy groups -OCH3 is 1. The van der Waals surface area contributed by atoms with Gasteiger partial charge in [-0.3, -0.25) is 9.59 Å². The first-order chi connectivity index (χ1) is 9.02. The second-order valence-corrected chi connectivity index (χ2v) is 3.77. The molecule has 0 aromatic heterocycles. The van der Waals surface area contributed by atoms with E-state index in [1.54, 1.807) is 18.2 Å². The van der Waals surface area contributed by atoms with E-state index in [0.717, 1.165) is 0 Å². The van der Waals surface area contributed by atoms with Crippen molar-refractivity contribution in [2.75, 3.05) is 7.11 Å². The highest BCUT2D eigenvalue weighted by Gasteiger charge is 2.22. The van der Waals surface area contributed by atoms with Crippen LogP contribution in [0.25, 0.3) is 0 Å². The molecule has 6 heteroatoms. The summed E-state index contributed by atoms with van der Waals surface area (Å²) in [6.07, 6.45) is -1.78. The van der Waals surface area contributed by atoms with Gasteiger partial charge in [-0.15, -0.1) is 0 Å². The van der Waals surface area contributed by atoms with Crippen LogP contribution in [0.15, 0.2) is 30.3 Å². The first kappa shape index (κ1) is 14.7. The van der Waals surface area contributed by atoms with E-state index in [1.165, 1.54) is 19.2 Å². The summed E-state index contributed by atoms with van der Waals surface area (Å²) >= 11 is 0. The number of ether oxygens (including phenoxy) is 2. The molecule has 1 aromatic carbocycles. The van der Waals surface area contributed by atoms with Crippen molar-refractivity contribution in [3.8, 4) is 0 Å². The highest BCUT2D eigenvalue weighted by molar-refractivity contribution is 5.89. The van der Waals surface area contributed by atoms with Crippen LogP contribution in [0.3, 0.4) is 0 Å². The van der Waals surface area contributed by atoms with Crippen molar-refractivity contribution in [3.05, 3.63) is 35.9 Å². The second-order valence-electron chi connectivity index (χ2n) is 3.77. The SMILES string of the molecule is COC(=O)C[C@@H](CC(=O)O)OC(=O)c1ccccc1. The standard InChI is InChI=1S/C13H14O6/c1-18-12(16)8-10(7-11(14)15)19-13(17)9-5-3-2-4-6-9/h2-6,10H,7-8H2,1H3,(H,14,15)/t10-/m1/s1. The van der Waals surface area contributed by atoms with Crippen LogP contribution in [0.4, 0.5) is 0 Å². The summed E-state index contributed by atoms with van der Waals surface area (Å²) in [5, 5.41) is 8.71. The van der Waals surface area contributed by atoms with E-state index in [0.29, 0.717) is 5.56 Å². The number of esters is 2. The molecule has 0 unspecified atom stereocenters. The molecule has 0 saturated heterocycles. The van der Waals surface area contributed by atoms with Gasteiger partial charge in [-0.2, -0.15) is 0 Å². The number of carboxylic acid groups (broad SMARTS) is 1. The van der Waals surface area contributed by atoms with Crippen molar-refractivity contribution < 1.29 is 29.0 Å². The number of carboxylic acids is 1. The maximum atomic E-state index is 11.7. The Morgan fingerprint density at radius 2 is 1.79 bits per heavy atom. The second kappa shape index (κ2) is 7.15. The van der Waals surface area contributed by atoms with Gasteiger partial charge in [0.1, 0.15) is 6.10 Å². The van der Waals surface area contributed by atoms with Gasteiger partial charge >= 0.3 is 17.9 Å². The zero-order valence-electron chi connectivity index (χ0n) is 10.4. The number of hydrogen-bond acceptors (Lipinski definition) is 5. The molecule has 0 aliphatic rings. The molecule has 1 rings (SSSR count). The monoisotopic (exact) mass is 266 g/mol. The minimum absolute atomic E-state index is 0.290. The summed E-state index contributed by atoms with van der Waals surface area (Å²) in [5.41, 5.74) is 0.294. The van der Waals surface area contributed by atoms with E-state index in [1.807, 2.05) is 0 Å². The third-order valence-corrected chi connectivity index (χ3v) is 2.31. The Morgan fingerprint density at radius 1 is 1.16 bits per heavy atom. The van der Waals surface area contributed by atoms with E-state index in [4.69, 9.17) is 9.84 Å². The number of carbonyl (C=O) groups excluding carboxylic acids is 2. The van der Waals surface area contributed by atoms with Gasteiger partial charge in [0.05, 0.1) is 25.5 Å². The Balaban J connectivity index is 2.68. The summed E-state index contributed by atoms with van der Waals surface area (Å²) in [6.45, 7) is 0. The summed E-state index contributed by atoms with van der Waals surface area (Å²) < 4.78 is 9.43. The van der Waals surface area contributed by atoms with Crippen molar-refractivity contribution in [3.63, 3.8) is 0 Å². The number of benzene rings is 1. The molecule has 1 atom stereocenters. The Labute approximate surface area is 109 Å². The van der Waals surface area contributed by atoms with Crippen LogP contribution >= 0.6 is 0 Å². The summed E-state index contributed by atoms with van der Waals surface area (Å²) in [5.74, 6) is -2.46. The topological polar surface area (TPSA) is 89.9 Å². The summed E-state index contributed by atoms with van der Waals surface area (Å²) in [4.78, 5) is 33.5. The quantitative estimate of drug-likeness (QED) is 0.779. The summed E-state index contributed by atoms with van der Waals surface area (Å²) in [6, 6.07) is 8.13. The minimum atomic E-state index is -1.16. The highest BCUT2D eigenvalue weighted by Crippen LogP contribution is 2.10. The number of aliphatic carboxylic acids is 1. The maximum Gasteiger partial charge on any atom is 0.338 e. The Morgan fingerprint density at radius 3 is 2.32 bits per heavy atom. The van der Waals surface area contributed by atoms with Crippen molar-refractivity contribution in [1.82, 2.24) is 0 Å². The fraction of sp³-hybridized carbons (Fsp3) is 0.308. The molecule has 1 N–H and O–H groups in total. The van der Waals surface area contributed by atoms with Gasteiger partial charge in [0.15, 0.2) is 0 Å². The van der Waals surface area contributed by atoms with Gasteiger partial charge in [0.2, 0.25) is 0 Å². The van der Waals surface area contributed by atoms with E-state index >= 15 is 0 Å². The number of hydrogen-bond donors (Lipinski definition) is 1. The Bertz CT molecular complexity index is 453. The lowest BCUT2D eigenvalue weighted by Crippen LogP contribution is -2.25. The van der Waals surface area contributed by atoms with Crippen LogP contribution in [-0.4, -0.2) is 36.2 Å². The Hall–Kier alpha value is -2.37. The molecular weight excluding hydrogens is 252 g/mol. The van der Waals surface area contributed by atoms with Crippen molar-refractivity contribution in [1.29, 1.82) is 0 Å². The van der Waals surface area contributed by atoms with E-state index in [2.05, 4.69) is 4.74 Å². The van der Waals surface area contributed by atoms with Gasteiger partial charge in [0.25, 0.3) is 0 Å². The Kier molecular flexibility index (Phi) is 5.53. The molecule has 0 spiro atoms. The molecule has 0 bridgehead atoms. The maximum absolute atomic E-state index is 11.7. The molecule has 0 aliphatic heterocycles. The zero-order valence-corrected chi connectivity index (χ0v) is 10.4. The normalized spacial score (nSPS) is 11.4. The first-order valence-corrected chi connectivity index (χ1v) is 5.57. The van der Waals surface area contributed by atoms with Gasteiger partial charge in [-0.05, 0) is 12.1 Å². The molecule has 6 nitrogen and oxygen atoms in total. The molecule has 102 valence electrons. The van der Waals surface area contributed by atoms with Crippen LogP contribution in [-0.2, 0) is 19.1 Å². The van der Waals surface area contributed by atoms with E-state index in [-0.39, 0.29) is 6.42 Å². The van der Waals surface area contributed by atoms with Gasteiger partial charge < -0.3 is 14.6 Å². The molecule has 0 radical (unpaired) electrons. The molecule has 0 aliphatic carbocycles. The first-order valence-electron chi connectivity index (χ1n) is 5.57. The number of carbonyl (C=O) groups is 3. The molecule has 0 fully saturated rings. The van der Waals surface area contributed by atoms with E-state index in [9.17, 15) is 14.4 Å². The molecular formula is C13H14O6. The molecule has 0 saturated carbocycles. The predicted molar refractivity (Wildman–Crippen MR) is 64.5 cm³/mol. The number of rotatable bonds is 6. The zero-order chi connectivity index (χ0) is 14.3. The van der Waals surface area contributed by atoms with Crippen LogP contribution in [0.5, 0.6) is 0 Å². The van der Waals surface area contributed by atoms with E-state index < -0.39 is 30.4 Å². The lowest BCUT2D eigenvalue weighted by Gasteiger charge is -2.14. The molecule has 0 heterocycles. The van der Waals surface area contributed by atoms with Crippen molar-refractivity contribution in [2.45, 2.75) is 18.9 Å². The largest absolute Gasteiger partial charge is 0.481 e. The highest BCUT2D eigenvalue weighted by atomic mass is 16.6. The fourth-order valence-electron chi connectivity index (χ4n) is 1.41. The third kappa shape index (κ3) is 5.20. The predicted octanol–water partition coefficient (Wildman–Crippen LogP) is 1.25. The van der Waals surface area contributed by atoms with Crippen LogP contribution < -0.4 is 0 Å². The molecule has 0 amide bonds. The van der Waals surface area contributed by atoms with Gasteiger partial charge in [0, 0.05) is 0 Å². The molecule has 1 aromatic rings. The lowest BCUT2D eigenvalue weighted by molar-refractivity contribution is -0.145. The van der Waals surface area contributed by atoms with Crippen LogP contribution in [0.2, 0.25) is 0 Å². The summed E-state index contributed by atoms with van der Waals surface area (Å²) in [7, 11) is 1.18. The minimum Gasteiger partial charge on any atom is -0.481 e. The van der Waals surface area contributed by atoms with Crippen molar-refractivity contribution >= 4 is 17.9 Å². The van der Waals surface area contributed by atoms with Gasteiger partial charge in [-0.1, -0.05) is 18.2 Å².